The minimum atomic E-state index is 0.710. The van der Waals surface area contributed by atoms with Crippen LogP contribution in [-0.2, 0) is 0 Å². The predicted octanol–water partition coefficient (Wildman–Crippen LogP) is 3.65. The van der Waals surface area contributed by atoms with Crippen LogP contribution in [0.5, 0.6) is 0 Å². The number of benzene rings is 1. The zero-order valence-corrected chi connectivity index (χ0v) is 11.6. The molecule has 0 radical (unpaired) electrons. The van der Waals surface area contributed by atoms with E-state index in [2.05, 4.69) is 32.6 Å². The Morgan fingerprint density at radius 3 is 2.65 bits per heavy atom. The molecule has 3 rings (SSSR count). The maximum Gasteiger partial charge on any atom is 0.235 e. The second kappa shape index (κ2) is 4.27. The van der Waals surface area contributed by atoms with Gasteiger partial charge in [-0.05, 0) is 40.8 Å². The molecule has 3 nitrogen and oxygen atoms in total. The molecule has 3 aromatic rings. The van der Waals surface area contributed by atoms with Gasteiger partial charge >= 0.3 is 0 Å². The summed E-state index contributed by atoms with van der Waals surface area (Å²) in [5, 5.41) is 0.727. The van der Waals surface area contributed by atoms with Gasteiger partial charge in [0.25, 0.3) is 0 Å². The molecule has 0 saturated heterocycles. The highest BCUT2D eigenvalue weighted by Gasteiger charge is 2.11. The fraction of sp³-hybridized carbons (Fsp3) is 0. The van der Waals surface area contributed by atoms with Crippen LogP contribution in [0.25, 0.3) is 17.0 Å². The van der Waals surface area contributed by atoms with Crippen molar-refractivity contribution in [2.75, 3.05) is 0 Å². The molecule has 0 bridgehead atoms. The smallest absolute Gasteiger partial charge is 0.235 e. The Bertz CT molecular complexity index is 676. The summed E-state index contributed by atoms with van der Waals surface area (Å²) in [6.45, 7) is 0. The predicted molar refractivity (Wildman–Crippen MR) is 76.2 cm³/mol. The van der Waals surface area contributed by atoms with Gasteiger partial charge in [0.05, 0.1) is 0 Å². The highest BCUT2D eigenvalue weighted by atomic mass is 127. The van der Waals surface area contributed by atoms with Crippen LogP contribution in [0.1, 0.15) is 0 Å². The molecule has 0 aliphatic heterocycles. The molecule has 0 fully saturated rings. The molecule has 5 heteroatoms. The van der Waals surface area contributed by atoms with Crippen molar-refractivity contribution in [1.82, 2.24) is 14.4 Å². The van der Waals surface area contributed by atoms with Gasteiger partial charge in [-0.1, -0.05) is 23.7 Å². The lowest BCUT2D eigenvalue weighted by molar-refractivity contribution is 1.09. The first kappa shape index (κ1) is 11.0. The van der Waals surface area contributed by atoms with E-state index in [1.165, 1.54) is 0 Å². The number of nitrogens with zero attached hydrogens (tertiary/aromatic N) is 3. The lowest BCUT2D eigenvalue weighted by atomic mass is 10.2. The second-order valence-corrected chi connectivity index (χ2v) is 5.01. The molecule has 0 spiro atoms. The Balaban J connectivity index is 2.24. The van der Waals surface area contributed by atoms with Gasteiger partial charge in [0.15, 0.2) is 0 Å². The molecule has 0 atom stereocenters. The van der Waals surface area contributed by atoms with E-state index in [1.54, 1.807) is 6.20 Å². The van der Waals surface area contributed by atoms with Gasteiger partial charge in [-0.25, -0.2) is 9.97 Å². The summed E-state index contributed by atoms with van der Waals surface area (Å²) in [4.78, 5) is 8.74. The van der Waals surface area contributed by atoms with Crippen molar-refractivity contribution in [3.8, 4) is 11.3 Å². The van der Waals surface area contributed by atoms with Crippen molar-refractivity contribution in [2.45, 2.75) is 0 Å². The largest absolute Gasteiger partial charge is 0.278 e. The highest BCUT2D eigenvalue weighted by molar-refractivity contribution is 14.1. The van der Waals surface area contributed by atoms with Crippen LogP contribution in [0, 0.1) is 3.70 Å². The SMILES string of the molecule is Clc1ccc(-c2nc3ncccn3c2I)cc1. The number of hydrogen-bond donors (Lipinski definition) is 0. The number of aromatic nitrogens is 3. The topological polar surface area (TPSA) is 30.2 Å². The van der Waals surface area contributed by atoms with E-state index in [1.807, 2.05) is 40.9 Å². The van der Waals surface area contributed by atoms with E-state index >= 15 is 0 Å². The molecule has 2 heterocycles. The quantitative estimate of drug-likeness (QED) is 0.624. The van der Waals surface area contributed by atoms with Gasteiger partial charge in [0, 0.05) is 23.0 Å². The van der Waals surface area contributed by atoms with Gasteiger partial charge in [0.2, 0.25) is 5.78 Å². The molecule has 0 saturated carbocycles. The molecular weight excluding hydrogens is 349 g/mol. The summed E-state index contributed by atoms with van der Waals surface area (Å²) in [7, 11) is 0. The maximum absolute atomic E-state index is 5.88. The van der Waals surface area contributed by atoms with E-state index in [9.17, 15) is 0 Å². The van der Waals surface area contributed by atoms with Crippen LogP contribution >= 0.6 is 34.2 Å². The zero-order chi connectivity index (χ0) is 11.8. The normalized spacial score (nSPS) is 10.9. The number of hydrogen-bond acceptors (Lipinski definition) is 2. The average Bonchev–Trinajstić information content (AvgIpc) is 2.69. The highest BCUT2D eigenvalue weighted by Crippen LogP contribution is 2.26. The Kier molecular flexibility index (Phi) is 2.76. The fourth-order valence-corrected chi connectivity index (χ4v) is 2.59. The Morgan fingerprint density at radius 2 is 1.94 bits per heavy atom. The van der Waals surface area contributed by atoms with Crippen LogP contribution in [-0.4, -0.2) is 14.4 Å². The van der Waals surface area contributed by atoms with Crippen molar-refractivity contribution in [2.24, 2.45) is 0 Å². The lowest BCUT2D eigenvalue weighted by Crippen LogP contribution is -1.87. The molecule has 0 unspecified atom stereocenters. The monoisotopic (exact) mass is 355 g/mol. The minimum absolute atomic E-state index is 0.710. The van der Waals surface area contributed by atoms with Crippen molar-refractivity contribution in [3.63, 3.8) is 0 Å². The molecule has 1 aromatic carbocycles. The molecule has 84 valence electrons. The van der Waals surface area contributed by atoms with Gasteiger partial charge in [-0.3, -0.25) is 4.40 Å². The van der Waals surface area contributed by atoms with Gasteiger partial charge in [-0.2, -0.15) is 0 Å². The van der Waals surface area contributed by atoms with Crippen LogP contribution in [0.4, 0.5) is 0 Å². The molecule has 2 aromatic heterocycles. The summed E-state index contributed by atoms with van der Waals surface area (Å²) in [6.07, 6.45) is 3.70. The third-order valence-electron chi connectivity index (χ3n) is 2.46. The van der Waals surface area contributed by atoms with Crippen molar-refractivity contribution in [1.29, 1.82) is 0 Å². The van der Waals surface area contributed by atoms with Crippen LogP contribution in [0.3, 0.4) is 0 Å². The number of imidazole rings is 1. The molecule has 0 aliphatic carbocycles. The van der Waals surface area contributed by atoms with Crippen molar-refractivity contribution in [3.05, 3.63) is 51.4 Å². The standard InChI is InChI=1S/C12H7ClIN3/c13-9-4-2-8(3-5-9)10-11(14)17-7-1-6-15-12(17)16-10/h1-7H. The molecule has 17 heavy (non-hydrogen) atoms. The van der Waals surface area contributed by atoms with E-state index in [0.29, 0.717) is 5.78 Å². The van der Waals surface area contributed by atoms with Gasteiger partial charge < -0.3 is 0 Å². The average molecular weight is 356 g/mol. The van der Waals surface area contributed by atoms with Crippen LogP contribution in [0.2, 0.25) is 5.02 Å². The summed E-state index contributed by atoms with van der Waals surface area (Å²) in [5.41, 5.74) is 1.98. The molecular formula is C12H7ClIN3. The van der Waals surface area contributed by atoms with Crippen molar-refractivity contribution < 1.29 is 0 Å². The Hall–Kier alpha value is -1.14. The van der Waals surface area contributed by atoms with E-state index < -0.39 is 0 Å². The summed E-state index contributed by atoms with van der Waals surface area (Å²) < 4.78 is 3.01. The van der Waals surface area contributed by atoms with E-state index in [-0.39, 0.29) is 0 Å². The number of rotatable bonds is 1. The first-order valence-corrected chi connectivity index (χ1v) is 6.46. The number of halogens is 2. The third-order valence-corrected chi connectivity index (χ3v) is 3.75. The van der Waals surface area contributed by atoms with Crippen LogP contribution < -0.4 is 0 Å². The van der Waals surface area contributed by atoms with Crippen molar-refractivity contribution >= 4 is 40.0 Å². The molecule has 0 aliphatic rings. The summed E-state index contributed by atoms with van der Waals surface area (Å²) in [5.74, 6) is 0.710. The van der Waals surface area contributed by atoms with Crippen LogP contribution in [0.15, 0.2) is 42.7 Å². The van der Waals surface area contributed by atoms with E-state index in [4.69, 9.17) is 11.6 Å². The lowest BCUT2D eigenvalue weighted by Gasteiger charge is -1.98. The maximum atomic E-state index is 5.88. The Labute approximate surface area is 117 Å². The summed E-state index contributed by atoms with van der Waals surface area (Å²) >= 11 is 8.15. The molecule has 0 amide bonds. The molecule has 0 N–H and O–H groups in total. The summed E-state index contributed by atoms with van der Waals surface area (Å²) in [6, 6.07) is 9.55. The Morgan fingerprint density at radius 1 is 1.18 bits per heavy atom. The third kappa shape index (κ3) is 1.91. The van der Waals surface area contributed by atoms with E-state index in [0.717, 1.165) is 20.0 Å². The zero-order valence-electron chi connectivity index (χ0n) is 8.64. The minimum Gasteiger partial charge on any atom is -0.278 e. The van der Waals surface area contributed by atoms with Gasteiger partial charge in [-0.15, -0.1) is 0 Å². The van der Waals surface area contributed by atoms with Gasteiger partial charge in [0.1, 0.15) is 9.39 Å². The first-order valence-electron chi connectivity index (χ1n) is 5.00. The first-order chi connectivity index (χ1) is 8.25. The fourth-order valence-electron chi connectivity index (χ4n) is 1.65. The number of fused-ring (bicyclic) bond motifs is 1. The second-order valence-electron chi connectivity index (χ2n) is 3.55.